The van der Waals surface area contributed by atoms with Crippen LogP contribution in [0.4, 0.5) is 0 Å². The van der Waals surface area contributed by atoms with E-state index in [9.17, 15) is 9.59 Å². The Morgan fingerprint density at radius 2 is 1.75 bits per heavy atom. The van der Waals surface area contributed by atoms with Crippen molar-refractivity contribution in [3.05, 3.63) is 41.2 Å². The number of carbonyl (C=O) groups excluding carboxylic acids is 2. The van der Waals surface area contributed by atoms with Crippen molar-refractivity contribution in [2.75, 3.05) is 0 Å². The number of amides is 2. The maximum absolute atomic E-state index is 11.7. The van der Waals surface area contributed by atoms with E-state index in [4.69, 9.17) is 0 Å². The van der Waals surface area contributed by atoms with Crippen LogP contribution in [0, 0.1) is 0 Å². The number of imide groups is 1. The molecule has 2 amide bonds. The van der Waals surface area contributed by atoms with Crippen molar-refractivity contribution < 1.29 is 9.59 Å². The van der Waals surface area contributed by atoms with Gasteiger partial charge in [0.2, 0.25) is 0 Å². The predicted octanol–water partition coefficient (Wildman–Crippen LogP) is 1.29. The molecular weight excluding hydrogens is 204 g/mol. The Labute approximate surface area is 93.6 Å². The van der Waals surface area contributed by atoms with Crippen molar-refractivity contribution in [2.45, 2.75) is 20.4 Å². The summed E-state index contributed by atoms with van der Waals surface area (Å²) >= 11 is 0. The molecule has 1 aliphatic rings. The first-order chi connectivity index (χ1) is 7.61. The molecule has 0 saturated heterocycles. The molecule has 0 radical (unpaired) electrons. The zero-order chi connectivity index (χ0) is 11.7. The van der Waals surface area contributed by atoms with E-state index in [0.717, 1.165) is 0 Å². The summed E-state index contributed by atoms with van der Waals surface area (Å²) in [5.74, 6) is -0.429. The van der Waals surface area contributed by atoms with Crippen LogP contribution in [0.15, 0.2) is 35.5 Å². The Morgan fingerprint density at radius 1 is 1.12 bits per heavy atom. The summed E-state index contributed by atoms with van der Waals surface area (Å²) in [6, 6.07) is 5.43. The highest BCUT2D eigenvalue weighted by atomic mass is 16.2. The Balaban J connectivity index is 2.21. The summed E-state index contributed by atoms with van der Waals surface area (Å²) in [6.45, 7) is 3.59. The van der Waals surface area contributed by atoms with Crippen LogP contribution in [0.2, 0.25) is 0 Å². The molecule has 82 valence electrons. The van der Waals surface area contributed by atoms with Gasteiger partial charge in [-0.25, -0.2) is 0 Å². The third-order valence-electron chi connectivity index (χ3n) is 2.74. The van der Waals surface area contributed by atoms with Crippen molar-refractivity contribution in [3.63, 3.8) is 0 Å². The van der Waals surface area contributed by atoms with Crippen LogP contribution in [0.3, 0.4) is 0 Å². The molecule has 2 rings (SSSR count). The molecule has 0 saturated carbocycles. The topological polar surface area (TPSA) is 50.3 Å². The Morgan fingerprint density at radius 3 is 2.25 bits per heavy atom. The van der Waals surface area contributed by atoms with E-state index in [1.807, 2.05) is 6.07 Å². The zero-order valence-corrected chi connectivity index (χ0v) is 9.23. The maximum atomic E-state index is 11.7. The van der Waals surface area contributed by atoms with Gasteiger partial charge < -0.3 is 0 Å². The van der Waals surface area contributed by atoms with Crippen molar-refractivity contribution in [2.24, 2.45) is 0 Å². The fourth-order valence-corrected chi connectivity index (χ4v) is 1.62. The predicted molar refractivity (Wildman–Crippen MR) is 58.2 cm³/mol. The van der Waals surface area contributed by atoms with Gasteiger partial charge in [0.25, 0.3) is 11.8 Å². The Bertz CT molecular complexity index is 453. The average Bonchev–Trinajstić information content (AvgIpc) is 2.48. The quantitative estimate of drug-likeness (QED) is 0.700. The first-order valence-corrected chi connectivity index (χ1v) is 5.05. The van der Waals surface area contributed by atoms with Crippen molar-refractivity contribution >= 4 is 11.8 Å². The lowest BCUT2D eigenvalue weighted by Gasteiger charge is -2.13. The van der Waals surface area contributed by atoms with Gasteiger partial charge in [0.1, 0.15) is 0 Å². The Kier molecular flexibility index (Phi) is 2.56. The van der Waals surface area contributed by atoms with Gasteiger partial charge in [0.15, 0.2) is 0 Å². The summed E-state index contributed by atoms with van der Waals surface area (Å²) < 4.78 is 0. The molecule has 4 nitrogen and oxygen atoms in total. The van der Waals surface area contributed by atoms with Gasteiger partial charge in [0.05, 0.1) is 12.2 Å². The van der Waals surface area contributed by atoms with Crippen LogP contribution in [0.25, 0.3) is 0 Å². The van der Waals surface area contributed by atoms with Crippen molar-refractivity contribution in [3.8, 4) is 0 Å². The summed E-state index contributed by atoms with van der Waals surface area (Å²) in [5.41, 5.74) is 1.77. The lowest BCUT2D eigenvalue weighted by Crippen LogP contribution is -2.31. The molecule has 0 aromatic carbocycles. The maximum Gasteiger partial charge on any atom is 0.257 e. The van der Waals surface area contributed by atoms with Crippen molar-refractivity contribution in [1.82, 2.24) is 9.88 Å². The summed E-state index contributed by atoms with van der Waals surface area (Å²) in [7, 11) is 0. The molecule has 4 heteroatoms. The third-order valence-corrected chi connectivity index (χ3v) is 2.74. The molecule has 2 heterocycles. The number of pyridine rings is 1. The van der Waals surface area contributed by atoms with Gasteiger partial charge >= 0.3 is 0 Å². The van der Waals surface area contributed by atoms with E-state index in [1.54, 1.807) is 32.2 Å². The van der Waals surface area contributed by atoms with Crippen LogP contribution < -0.4 is 0 Å². The van der Waals surface area contributed by atoms with E-state index in [0.29, 0.717) is 16.8 Å². The fourth-order valence-electron chi connectivity index (χ4n) is 1.62. The molecule has 0 atom stereocenters. The average molecular weight is 216 g/mol. The highest BCUT2D eigenvalue weighted by Crippen LogP contribution is 2.21. The summed E-state index contributed by atoms with van der Waals surface area (Å²) in [6.07, 6.45) is 1.65. The van der Waals surface area contributed by atoms with Crippen LogP contribution >= 0.6 is 0 Å². The highest BCUT2D eigenvalue weighted by molar-refractivity contribution is 6.18. The van der Waals surface area contributed by atoms with E-state index in [-0.39, 0.29) is 18.4 Å². The molecule has 1 aromatic rings. The van der Waals surface area contributed by atoms with Crippen LogP contribution in [-0.2, 0) is 16.1 Å². The van der Waals surface area contributed by atoms with Gasteiger partial charge in [-0.3, -0.25) is 19.5 Å². The minimum Gasteiger partial charge on any atom is -0.269 e. The number of nitrogens with zero attached hydrogens (tertiary/aromatic N) is 2. The lowest BCUT2D eigenvalue weighted by molar-refractivity contribution is -0.138. The Hall–Kier alpha value is -1.97. The molecular formula is C12H12N2O2. The first kappa shape index (κ1) is 10.5. The normalized spacial score (nSPS) is 16.2. The standard InChI is InChI=1S/C12H12N2O2/c1-8-9(2)12(16)14(11(8)15)7-10-5-3-4-6-13-10/h3-6H,7H2,1-2H3. The van der Waals surface area contributed by atoms with Crippen molar-refractivity contribution in [1.29, 1.82) is 0 Å². The minimum absolute atomic E-state index is 0.215. The van der Waals surface area contributed by atoms with E-state index >= 15 is 0 Å². The number of hydrogen-bond acceptors (Lipinski definition) is 3. The molecule has 0 unspecified atom stereocenters. The number of carbonyl (C=O) groups is 2. The van der Waals surface area contributed by atoms with Gasteiger partial charge in [-0.05, 0) is 26.0 Å². The second kappa shape index (κ2) is 3.89. The van der Waals surface area contributed by atoms with Gasteiger partial charge in [0, 0.05) is 17.3 Å². The van der Waals surface area contributed by atoms with E-state index in [1.165, 1.54) is 4.90 Å². The molecule has 1 aromatic heterocycles. The molecule has 16 heavy (non-hydrogen) atoms. The minimum atomic E-state index is -0.215. The third kappa shape index (κ3) is 1.62. The molecule has 1 aliphatic heterocycles. The van der Waals surface area contributed by atoms with Crippen LogP contribution in [0.1, 0.15) is 19.5 Å². The second-order valence-electron chi connectivity index (χ2n) is 3.77. The SMILES string of the molecule is CC1=C(C)C(=O)N(Cc2ccccn2)C1=O. The molecule has 0 bridgehead atoms. The lowest BCUT2D eigenvalue weighted by atomic mass is 10.2. The smallest absolute Gasteiger partial charge is 0.257 e. The number of rotatable bonds is 2. The molecule has 0 spiro atoms. The first-order valence-electron chi connectivity index (χ1n) is 5.05. The van der Waals surface area contributed by atoms with Gasteiger partial charge in [-0.2, -0.15) is 0 Å². The van der Waals surface area contributed by atoms with E-state index in [2.05, 4.69) is 4.98 Å². The number of aromatic nitrogens is 1. The fraction of sp³-hybridized carbons (Fsp3) is 0.250. The van der Waals surface area contributed by atoms with Crippen LogP contribution in [0.5, 0.6) is 0 Å². The van der Waals surface area contributed by atoms with Gasteiger partial charge in [-0.15, -0.1) is 0 Å². The zero-order valence-electron chi connectivity index (χ0n) is 9.23. The van der Waals surface area contributed by atoms with E-state index < -0.39 is 0 Å². The largest absolute Gasteiger partial charge is 0.269 e. The molecule has 0 aliphatic carbocycles. The second-order valence-corrected chi connectivity index (χ2v) is 3.77. The number of hydrogen-bond donors (Lipinski definition) is 0. The monoisotopic (exact) mass is 216 g/mol. The molecule has 0 N–H and O–H groups in total. The summed E-state index contributed by atoms with van der Waals surface area (Å²) in [4.78, 5) is 28.8. The summed E-state index contributed by atoms with van der Waals surface area (Å²) in [5, 5.41) is 0. The molecule has 0 fully saturated rings. The van der Waals surface area contributed by atoms with Gasteiger partial charge in [-0.1, -0.05) is 6.07 Å². The van der Waals surface area contributed by atoms with Crippen LogP contribution in [-0.4, -0.2) is 21.7 Å². The highest BCUT2D eigenvalue weighted by Gasteiger charge is 2.33.